The van der Waals surface area contributed by atoms with Crippen molar-refractivity contribution in [2.45, 2.75) is 32.9 Å². The summed E-state index contributed by atoms with van der Waals surface area (Å²) in [6.07, 6.45) is 6.14. The lowest BCUT2D eigenvalue weighted by Gasteiger charge is -1.99. The zero-order valence-electron chi connectivity index (χ0n) is 10.5. The smallest absolute Gasteiger partial charge is 0.181 e. The quantitative estimate of drug-likeness (QED) is 0.828. The van der Waals surface area contributed by atoms with Crippen molar-refractivity contribution in [3.8, 4) is 0 Å². The molecule has 96 valence electrons. The van der Waals surface area contributed by atoms with E-state index in [9.17, 15) is 0 Å². The Morgan fingerprint density at radius 3 is 3.11 bits per heavy atom. The van der Waals surface area contributed by atoms with Crippen LogP contribution in [0.1, 0.15) is 30.0 Å². The molecule has 1 fully saturated rings. The second-order valence-electron chi connectivity index (χ2n) is 4.84. The van der Waals surface area contributed by atoms with Crippen molar-refractivity contribution >= 4 is 0 Å². The van der Waals surface area contributed by atoms with E-state index in [4.69, 9.17) is 4.42 Å². The number of aromatic nitrogens is 4. The molecule has 0 unspecified atom stereocenters. The fourth-order valence-corrected chi connectivity index (χ4v) is 1.86. The van der Waals surface area contributed by atoms with Crippen LogP contribution in [0, 0.1) is 12.8 Å². The summed E-state index contributed by atoms with van der Waals surface area (Å²) in [7, 11) is 0. The van der Waals surface area contributed by atoms with E-state index >= 15 is 0 Å². The molecule has 18 heavy (non-hydrogen) atoms. The Morgan fingerprint density at radius 2 is 2.39 bits per heavy atom. The Balaban J connectivity index is 1.53. The van der Waals surface area contributed by atoms with Gasteiger partial charge in [-0.3, -0.25) is 0 Å². The number of nitrogens with one attached hydrogen (secondary N) is 1. The zero-order valence-corrected chi connectivity index (χ0v) is 10.5. The van der Waals surface area contributed by atoms with Gasteiger partial charge >= 0.3 is 0 Å². The van der Waals surface area contributed by atoms with Gasteiger partial charge in [0.15, 0.2) is 6.39 Å². The van der Waals surface area contributed by atoms with Crippen molar-refractivity contribution < 1.29 is 4.42 Å². The Labute approximate surface area is 105 Å². The highest BCUT2D eigenvalue weighted by atomic mass is 16.3. The average molecular weight is 247 g/mol. The van der Waals surface area contributed by atoms with Crippen molar-refractivity contribution in [3.05, 3.63) is 29.7 Å². The maximum absolute atomic E-state index is 5.16. The highest BCUT2D eigenvalue weighted by Crippen LogP contribution is 2.27. The van der Waals surface area contributed by atoms with Crippen LogP contribution in [0.15, 0.2) is 17.0 Å². The average Bonchev–Trinajstić information content (AvgIpc) is 2.93. The second kappa shape index (κ2) is 4.89. The van der Waals surface area contributed by atoms with E-state index in [0.717, 1.165) is 36.2 Å². The first-order valence-electron chi connectivity index (χ1n) is 6.30. The van der Waals surface area contributed by atoms with Crippen molar-refractivity contribution in [3.63, 3.8) is 0 Å². The first-order valence-corrected chi connectivity index (χ1v) is 6.30. The van der Waals surface area contributed by atoms with E-state index < -0.39 is 0 Å². The Hall–Kier alpha value is -1.69. The normalized spacial score (nSPS) is 15.2. The highest BCUT2D eigenvalue weighted by Gasteiger charge is 2.20. The van der Waals surface area contributed by atoms with E-state index in [2.05, 4.69) is 20.6 Å². The number of oxazole rings is 1. The molecule has 2 aromatic rings. The van der Waals surface area contributed by atoms with Crippen molar-refractivity contribution in [1.82, 2.24) is 25.3 Å². The molecule has 0 bridgehead atoms. The molecule has 0 amide bonds. The SMILES string of the molecule is Cc1ocnc1Cn1cc(CNCC2CC2)nn1. The van der Waals surface area contributed by atoms with Crippen molar-refractivity contribution in [1.29, 1.82) is 0 Å². The van der Waals surface area contributed by atoms with Crippen LogP contribution < -0.4 is 5.32 Å². The third kappa shape index (κ3) is 2.76. The lowest BCUT2D eigenvalue weighted by molar-refractivity contribution is 0.521. The molecule has 0 aliphatic heterocycles. The first kappa shape index (κ1) is 11.4. The molecular formula is C12H17N5O. The minimum atomic E-state index is 0.609. The van der Waals surface area contributed by atoms with Gasteiger partial charge in [-0.15, -0.1) is 5.10 Å². The van der Waals surface area contributed by atoms with Gasteiger partial charge in [-0.05, 0) is 32.2 Å². The van der Waals surface area contributed by atoms with Crippen LogP contribution in [0.4, 0.5) is 0 Å². The molecule has 0 radical (unpaired) electrons. The van der Waals surface area contributed by atoms with Crippen LogP contribution >= 0.6 is 0 Å². The molecule has 0 spiro atoms. The summed E-state index contributed by atoms with van der Waals surface area (Å²) >= 11 is 0. The predicted octanol–water partition coefficient (Wildman–Crippen LogP) is 1.12. The summed E-state index contributed by atoms with van der Waals surface area (Å²) in [6, 6.07) is 0. The molecule has 6 heteroatoms. The summed E-state index contributed by atoms with van der Waals surface area (Å²) in [5.74, 6) is 1.72. The van der Waals surface area contributed by atoms with E-state index in [1.54, 1.807) is 4.68 Å². The minimum Gasteiger partial charge on any atom is -0.448 e. The zero-order chi connectivity index (χ0) is 12.4. The summed E-state index contributed by atoms with van der Waals surface area (Å²) in [4.78, 5) is 4.14. The largest absolute Gasteiger partial charge is 0.448 e. The fraction of sp³-hybridized carbons (Fsp3) is 0.583. The number of aryl methyl sites for hydroxylation is 1. The Kier molecular flexibility index (Phi) is 3.10. The molecule has 1 N–H and O–H groups in total. The number of hydrogen-bond acceptors (Lipinski definition) is 5. The molecule has 2 aromatic heterocycles. The van der Waals surface area contributed by atoms with Gasteiger partial charge in [0.2, 0.25) is 0 Å². The molecule has 0 atom stereocenters. The molecule has 1 aliphatic rings. The van der Waals surface area contributed by atoms with Gasteiger partial charge in [-0.25, -0.2) is 9.67 Å². The molecule has 1 saturated carbocycles. The topological polar surface area (TPSA) is 68.8 Å². The van der Waals surface area contributed by atoms with Gasteiger partial charge in [-0.1, -0.05) is 5.21 Å². The fourth-order valence-electron chi connectivity index (χ4n) is 1.86. The standard InChI is InChI=1S/C12H17N5O/c1-9-12(14-8-18-9)7-17-6-11(15-16-17)5-13-4-10-2-3-10/h6,8,10,13H,2-5,7H2,1H3. The van der Waals surface area contributed by atoms with Crippen LogP contribution in [-0.2, 0) is 13.1 Å². The summed E-state index contributed by atoms with van der Waals surface area (Å²) < 4.78 is 6.95. The van der Waals surface area contributed by atoms with Crippen LogP contribution in [0.5, 0.6) is 0 Å². The van der Waals surface area contributed by atoms with Crippen molar-refractivity contribution in [2.75, 3.05) is 6.54 Å². The van der Waals surface area contributed by atoms with Crippen LogP contribution in [0.2, 0.25) is 0 Å². The monoisotopic (exact) mass is 247 g/mol. The van der Waals surface area contributed by atoms with E-state index in [-0.39, 0.29) is 0 Å². The Morgan fingerprint density at radius 1 is 1.50 bits per heavy atom. The molecule has 2 heterocycles. The Bertz CT molecular complexity index is 514. The van der Waals surface area contributed by atoms with Gasteiger partial charge in [0, 0.05) is 6.54 Å². The number of nitrogens with zero attached hydrogens (tertiary/aromatic N) is 4. The maximum atomic E-state index is 5.16. The van der Waals surface area contributed by atoms with Gasteiger partial charge in [-0.2, -0.15) is 0 Å². The van der Waals surface area contributed by atoms with E-state index in [1.807, 2.05) is 13.1 Å². The van der Waals surface area contributed by atoms with Crippen molar-refractivity contribution in [2.24, 2.45) is 5.92 Å². The first-order chi connectivity index (χ1) is 8.81. The number of rotatable bonds is 6. The van der Waals surface area contributed by atoms with Gasteiger partial charge in [0.25, 0.3) is 0 Å². The van der Waals surface area contributed by atoms with E-state index in [0.29, 0.717) is 6.54 Å². The number of hydrogen-bond donors (Lipinski definition) is 1. The molecule has 6 nitrogen and oxygen atoms in total. The van der Waals surface area contributed by atoms with E-state index in [1.165, 1.54) is 19.2 Å². The van der Waals surface area contributed by atoms with Crippen LogP contribution in [0.3, 0.4) is 0 Å². The minimum absolute atomic E-state index is 0.609. The molecule has 3 rings (SSSR count). The lowest BCUT2D eigenvalue weighted by atomic mass is 10.3. The lowest BCUT2D eigenvalue weighted by Crippen LogP contribution is -2.16. The molecular weight excluding hydrogens is 230 g/mol. The maximum Gasteiger partial charge on any atom is 0.181 e. The predicted molar refractivity (Wildman–Crippen MR) is 64.8 cm³/mol. The molecule has 0 saturated heterocycles. The molecule has 1 aliphatic carbocycles. The highest BCUT2D eigenvalue weighted by molar-refractivity contribution is 5.05. The van der Waals surface area contributed by atoms with Crippen LogP contribution in [-0.4, -0.2) is 26.5 Å². The third-order valence-electron chi connectivity index (χ3n) is 3.18. The second-order valence-corrected chi connectivity index (χ2v) is 4.84. The molecule has 0 aromatic carbocycles. The summed E-state index contributed by atoms with van der Waals surface area (Å²) in [5.41, 5.74) is 1.87. The van der Waals surface area contributed by atoms with Crippen LogP contribution in [0.25, 0.3) is 0 Å². The van der Waals surface area contributed by atoms with Gasteiger partial charge in [0.05, 0.1) is 18.4 Å². The third-order valence-corrected chi connectivity index (χ3v) is 3.18. The van der Waals surface area contributed by atoms with Gasteiger partial charge < -0.3 is 9.73 Å². The summed E-state index contributed by atoms with van der Waals surface area (Å²) in [6.45, 7) is 4.39. The van der Waals surface area contributed by atoms with Gasteiger partial charge in [0.1, 0.15) is 11.5 Å². The summed E-state index contributed by atoms with van der Waals surface area (Å²) in [5, 5.41) is 11.6.